The van der Waals surface area contributed by atoms with Crippen LogP contribution in [0, 0.1) is 11.8 Å². The van der Waals surface area contributed by atoms with E-state index in [-0.39, 0.29) is 11.9 Å². The van der Waals surface area contributed by atoms with E-state index >= 15 is 0 Å². The average molecular weight is 214 g/mol. The van der Waals surface area contributed by atoms with Crippen molar-refractivity contribution in [1.29, 1.82) is 0 Å². The molecule has 1 saturated heterocycles. The van der Waals surface area contributed by atoms with Gasteiger partial charge < -0.3 is 4.74 Å². The van der Waals surface area contributed by atoms with Gasteiger partial charge in [-0.1, -0.05) is 42.5 Å². The van der Waals surface area contributed by atoms with Crippen molar-refractivity contribution in [3.05, 3.63) is 48.0 Å². The van der Waals surface area contributed by atoms with Crippen LogP contribution in [0.1, 0.15) is 17.9 Å². The van der Waals surface area contributed by atoms with Crippen molar-refractivity contribution in [2.75, 3.05) is 6.61 Å². The van der Waals surface area contributed by atoms with Crippen LogP contribution >= 0.6 is 0 Å². The number of rotatable bonds is 1. The minimum Gasteiger partial charge on any atom is -0.465 e. The number of carbonyl (C=O) groups is 1. The zero-order valence-corrected chi connectivity index (χ0v) is 9.00. The normalized spacial score (nSPS) is 32.2. The Balaban J connectivity index is 1.94. The molecule has 1 aromatic carbocycles. The fourth-order valence-electron chi connectivity index (χ4n) is 2.75. The lowest BCUT2D eigenvalue weighted by atomic mass is 9.75. The fraction of sp³-hybridized carbons (Fsp3) is 0.357. The molecular weight excluding hydrogens is 200 g/mol. The lowest BCUT2D eigenvalue weighted by Gasteiger charge is -2.26. The summed E-state index contributed by atoms with van der Waals surface area (Å²) in [5, 5.41) is 0. The number of fused-ring (bicyclic) bond motifs is 1. The van der Waals surface area contributed by atoms with Gasteiger partial charge in [-0.05, 0) is 12.0 Å². The van der Waals surface area contributed by atoms with Gasteiger partial charge in [-0.2, -0.15) is 0 Å². The lowest BCUT2D eigenvalue weighted by molar-refractivity contribution is -0.141. The summed E-state index contributed by atoms with van der Waals surface area (Å²) in [5.74, 6) is 0.733. The molecule has 0 N–H and O–H groups in total. The van der Waals surface area contributed by atoms with Crippen molar-refractivity contribution < 1.29 is 9.53 Å². The van der Waals surface area contributed by atoms with Crippen molar-refractivity contribution in [3.8, 4) is 0 Å². The van der Waals surface area contributed by atoms with Gasteiger partial charge in [0.05, 0.1) is 12.5 Å². The highest BCUT2D eigenvalue weighted by molar-refractivity contribution is 5.75. The van der Waals surface area contributed by atoms with Gasteiger partial charge in [0, 0.05) is 11.8 Å². The molecule has 2 heteroatoms. The van der Waals surface area contributed by atoms with E-state index in [1.807, 2.05) is 18.2 Å². The Bertz CT molecular complexity index is 422. The summed E-state index contributed by atoms with van der Waals surface area (Å²) >= 11 is 0. The zero-order chi connectivity index (χ0) is 11.0. The smallest absolute Gasteiger partial charge is 0.309 e. The molecule has 1 aliphatic carbocycles. The first kappa shape index (κ1) is 9.64. The van der Waals surface area contributed by atoms with Gasteiger partial charge in [-0.3, -0.25) is 4.79 Å². The van der Waals surface area contributed by atoms with Gasteiger partial charge >= 0.3 is 5.97 Å². The molecule has 82 valence electrons. The molecule has 1 heterocycles. The lowest BCUT2D eigenvalue weighted by Crippen LogP contribution is -2.24. The largest absolute Gasteiger partial charge is 0.465 e. The predicted octanol–water partition coefficient (Wildman–Crippen LogP) is 2.52. The molecule has 0 saturated carbocycles. The van der Waals surface area contributed by atoms with Gasteiger partial charge in [0.1, 0.15) is 0 Å². The first-order chi connectivity index (χ1) is 7.86. The molecule has 0 radical (unpaired) electrons. The number of allylic oxidation sites excluding steroid dienone is 2. The van der Waals surface area contributed by atoms with Crippen molar-refractivity contribution in [2.24, 2.45) is 11.8 Å². The first-order valence-corrected chi connectivity index (χ1v) is 5.74. The van der Waals surface area contributed by atoms with E-state index in [0.29, 0.717) is 18.4 Å². The highest BCUT2D eigenvalue weighted by Gasteiger charge is 2.42. The molecule has 0 unspecified atom stereocenters. The Morgan fingerprint density at radius 2 is 2.00 bits per heavy atom. The average Bonchev–Trinajstić information content (AvgIpc) is 2.73. The summed E-state index contributed by atoms with van der Waals surface area (Å²) in [6, 6.07) is 10.4. The summed E-state index contributed by atoms with van der Waals surface area (Å²) in [7, 11) is 0. The van der Waals surface area contributed by atoms with E-state index in [9.17, 15) is 4.79 Å². The second-order valence-electron chi connectivity index (χ2n) is 4.50. The van der Waals surface area contributed by atoms with Crippen LogP contribution in [0.25, 0.3) is 0 Å². The van der Waals surface area contributed by atoms with Crippen molar-refractivity contribution in [3.63, 3.8) is 0 Å². The Kier molecular flexibility index (Phi) is 2.28. The molecule has 2 nitrogen and oxygen atoms in total. The Labute approximate surface area is 94.9 Å². The number of cyclic esters (lactones) is 1. The summed E-state index contributed by atoms with van der Waals surface area (Å²) < 4.78 is 5.17. The summed E-state index contributed by atoms with van der Waals surface area (Å²) in [6.45, 7) is 0.577. The maximum atomic E-state index is 11.5. The Hall–Kier alpha value is -1.57. The van der Waals surface area contributed by atoms with Gasteiger partial charge in [-0.25, -0.2) is 0 Å². The van der Waals surface area contributed by atoms with Crippen LogP contribution in [0.5, 0.6) is 0 Å². The van der Waals surface area contributed by atoms with E-state index in [1.54, 1.807) is 0 Å². The standard InChI is InChI=1S/C14H14O2/c15-14-12-8-4-7-11(13(12)9-16-14)10-5-2-1-3-6-10/h1-7,11-13H,8-9H2/t11-,12+,13-/m1/s1. The third-order valence-corrected chi connectivity index (χ3v) is 3.62. The molecule has 16 heavy (non-hydrogen) atoms. The molecule has 3 rings (SSSR count). The van der Waals surface area contributed by atoms with Crippen molar-refractivity contribution >= 4 is 5.97 Å². The minimum absolute atomic E-state index is 0.0183. The number of hydrogen-bond donors (Lipinski definition) is 0. The van der Waals surface area contributed by atoms with Crippen LogP contribution in [-0.2, 0) is 9.53 Å². The highest BCUT2D eigenvalue weighted by Crippen LogP contribution is 2.41. The molecule has 0 aromatic heterocycles. The molecular formula is C14H14O2. The number of carbonyl (C=O) groups excluding carboxylic acids is 1. The maximum absolute atomic E-state index is 11.5. The zero-order valence-electron chi connectivity index (χ0n) is 9.00. The van der Waals surface area contributed by atoms with Gasteiger partial charge in [-0.15, -0.1) is 0 Å². The van der Waals surface area contributed by atoms with Crippen LogP contribution in [0.4, 0.5) is 0 Å². The number of hydrogen-bond acceptors (Lipinski definition) is 2. The fourth-order valence-corrected chi connectivity index (χ4v) is 2.75. The topological polar surface area (TPSA) is 26.3 Å². The van der Waals surface area contributed by atoms with E-state index < -0.39 is 0 Å². The van der Waals surface area contributed by atoms with Crippen LogP contribution in [0.2, 0.25) is 0 Å². The maximum Gasteiger partial charge on any atom is 0.309 e. The summed E-state index contributed by atoms with van der Waals surface area (Å²) in [6.07, 6.45) is 5.18. The Morgan fingerprint density at radius 3 is 2.81 bits per heavy atom. The van der Waals surface area contributed by atoms with Crippen LogP contribution in [0.3, 0.4) is 0 Å². The molecule has 3 atom stereocenters. The van der Waals surface area contributed by atoms with E-state index in [0.717, 1.165) is 6.42 Å². The van der Waals surface area contributed by atoms with Crippen LogP contribution < -0.4 is 0 Å². The van der Waals surface area contributed by atoms with E-state index in [2.05, 4.69) is 24.3 Å². The van der Waals surface area contributed by atoms with Crippen LogP contribution in [0.15, 0.2) is 42.5 Å². The molecule has 0 bridgehead atoms. The predicted molar refractivity (Wildman–Crippen MR) is 60.9 cm³/mol. The second kappa shape index (κ2) is 3.78. The van der Waals surface area contributed by atoms with E-state index in [4.69, 9.17) is 4.74 Å². The highest BCUT2D eigenvalue weighted by atomic mass is 16.5. The quantitative estimate of drug-likeness (QED) is 0.530. The van der Waals surface area contributed by atoms with Gasteiger partial charge in [0.25, 0.3) is 0 Å². The third-order valence-electron chi connectivity index (χ3n) is 3.62. The molecule has 1 fully saturated rings. The SMILES string of the molecule is O=C1OC[C@H]2[C@@H]1CC=C[C@@H]2c1ccccc1. The van der Waals surface area contributed by atoms with Gasteiger partial charge in [0.15, 0.2) is 0 Å². The van der Waals surface area contributed by atoms with Crippen molar-refractivity contribution in [2.45, 2.75) is 12.3 Å². The monoisotopic (exact) mass is 214 g/mol. The van der Waals surface area contributed by atoms with E-state index in [1.165, 1.54) is 5.56 Å². The van der Waals surface area contributed by atoms with Gasteiger partial charge in [0.2, 0.25) is 0 Å². The summed E-state index contributed by atoms with van der Waals surface area (Å²) in [5.41, 5.74) is 1.28. The first-order valence-electron chi connectivity index (χ1n) is 5.74. The molecule has 1 aromatic rings. The molecule has 0 amide bonds. The van der Waals surface area contributed by atoms with Crippen molar-refractivity contribution in [1.82, 2.24) is 0 Å². The number of benzene rings is 1. The van der Waals surface area contributed by atoms with Crippen LogP contribution in [-0.4, -0.2) is 12.6 Å². The molecule has 0 spiro atoms. The number of ether oxygens (including phenoxy) is 1. The molecule has 1 aliphatic heterocycles. The Morgan fingerprint density at radius 1 is 1.19 bits per heavy atom. The molecule has 2 aliphatic rings. The number of esters is 1. The minimum atomic E-state index is -0.0183. The summed E-state index contributed by atoms with van der Waals surface area (Å²) in [4.78, 5) is 11.5. The second-order valence-corrected chi connectivity index (χ2v) is 4.50. The third kappa shape index (κ3) is 1.45.